The number of ether oxygens (including phenoxy) is 5. The second-order valence-electron chi connectivity index (χ2n) is 7.41. The van der Waals surface area contributed by atoms with Gasteiger partial charge in [-0.15, -0.1) is 0 Å². The number of benzene rings is 2. The largest absolute Gasteiger partial charge is 0.493 e. The van der Waals surface area contributed by atoms with Crippen LogP contribution in [0.15, 0.2) is 30.3 Å². The number of esters is 1. The Bertz CT molecular complexity index is 989. The Kier molecular flexibility index (Phi) is 7.45. The molecule has 1 aliphatic rings. The SMILES string of the molecule is COC(=O)CC1c2cc(OC)c(OC)cc2CCN1C(=O)Cc1ccc(OC)c(OC)c1. The maximum atomic E-state index is 13.3. The second-order valence-corrected chi connectivity index (χ2v) is 7.41. The molecule has 1 atom stereocenters. The lowest BCUT2D eigenvalue weighted by Crippen LogP contribution is -2.42. The fourth-order valence-corrected chi connectivity index (χ4v) is 4.05. The molecule has 1 amide bonds. The molecule has 0 spiro atoms. The van der Waals surface area contributed by atoms with Crippen LogP contribution in [0.1, 0.15) is 29.2 Å². The van der Waals surface area contributed by atoms with Crippen molar-refractivity contribution < 1.29 is 33.3 Å². The average molecular weight is 443 g/mol. The minimum atomic E-state index is -0.460. The molecule has 8 heteroatoms. The molecule has 0 saturated carbocycles. The lowest BCUT2D eigenvalue weighted by Gasteiger charge is -2.37. The van der Waals surface area contributed by atoms with Crippen LogP contribution < -0.4 is 18.9 Å². The molecule has 0 aromatic heterocycles. The highest BCUT2D eigenvalue weighted by Gasteiger charge is 2.34. The summed E-state index contributed by atoms with van der Waals surface area (Å²) < 4.78 is 26.4. The third-order valence-electron chi connectivity index (χ3n) is 5.71. The number of methoxy groups -OCH3 is 5. The third kappa shape index (κ3) is 4.74. The third-order valence-corrected chi connectivity index (χ3v) is 5.71. The van der Waals surface area contributed by atoms with Gasteiger partial charge in [0.25, 0.3) is 0 Å². The van der Waals surface area contributed by atoms with Crippen LogP contribution in [-0.2, 0) is 27.2 Å². The van der Waals surface area contributed by atoms with E-state index in [-0.39, 0.29) is 24.7 Å². The number of rotatable bonds is 8. The van der Waals surface area contributed by atoms with Gasteiger partial charge in [0.1, 0.15) is 0 Å². The number of fused-ring (bicyclic) bond motifs is 1. The van der Waals surface area contributed by atoms with E-state index in [0.29, 0.717) is 36.0 Å². The van der Waals surface area contributed by atoms with Gasteiger partial charge in [-0.1, -0.05) is 6.07 Å². The van der Waals surface area contributed by atoms with Crippen LogP contribution in [0.25, 0.3) is 0 Å². The van der Waals surface area contributed by atoms with Crippen LogP contribution in [0.3, 0.4) is 0 Å². The summed E-state index contributed by atoms with van der Waals surface area (Å²) in [4.78, 5) is 27.3. The summed E-state index contributed by atoms with van der Waals surface area (Å²) >= 11 is 0. The Morgan fingerprint density at radius 1 is 0.875 bits per heavy atom. The van der Waals surface area contributed by atoms with Gasteiger partial charge in [0.05, 0.1) is 54.4 Å². The number of carbonyl (C=O) groups is 2. The lowest BCUT2D eigenvalue weighted by atomic mass is 9.89. The Labute approximate surface area is 188 Å². The maximum Gasteiger partial charge on any atom is 0.307 e. The first kappa shape index (κ1) is 23.2. The van der Waals surface area contributed by atoms with Gasteiger partial charge in [0.2, 0.25) is 5.91 Å². The molecule has 8 nitrogen and oxygen atoms in total. The van der Waals surface area contributed by atoms with Gasteiger partial charge in [-0.05, 0) is 47.4 Å². The highest BCUT2D eigenvalue weighted by atomic mass is 16.5. The van der Waals surface area contributed by atoms with Gasteiger partial charge in [-0.3, -0.25) is 9.59 Å². The molecule has 172 valence electrons. The normalized spacial score (nSPS) is 14.9. The summed E-state index contributed by atoms with van der Waals surface area (Å²) in [6.07, 6.45) is 0.863. The summed E-state index contributed by atoms with van der Waals surface area (Å²) in [6, 6.07) is 8.69. The number of amides is 1. The topological polar surface area (TPSA) is 83.5 Å². The number of carbonyl (C=O) groups excluding carboxylic acids is 2. The highest BCUT2D eigenvalue weighted by Crippen LogP contribution is 2.40. The van der Waals surface area contributed by atoms with E-state index in [1.807, 2.05) is 18.2 Å². The van der Waals surface area contributed by atoms with Crippen molar-refractivity contribution in [1.29, 1.82) is 0 Å². The van der Waals surface area contributed by atoms with E-state index in [9.17, 15) is 9.59 Å². The molecule has 0 aliphatic carbocycles. The Morgan fingerprint density at radius 2 is 1.50 bits per heavy atom. The van der Waals surface area contributed by atoms with Crippen LogP contribution >= 0.6 is 0 Å². The summed E-state index contributed by atoms with van der Waals surface area (Å²) in [5.74, 6) is 1.85. The van der Waals surface area contributed by atoms with Gasteiger partial charge in [0, 0.05) is 6.54 Å². The summed E-state index contributed by atoms with van der Waals surface area (Å²) in [6.45, 7) is 0.482. The Morgan fingerprint density at radius 3 is 2.12 bits per heavy atom. The first-order valence-corrected chi connectivity index (χ1v) is 10.3. The highest BCUT2D eigenvalue weighted by molar-refractivity contribution is 5.81. The number of hydrogen-bond donors (Lipinski definition) is 0. The molecule has 3 rings (SSSR count). The van der Waals surface area contributed by atoms with Crippen molar-refractivity contribution in [2.24, 2.45) is 0 Å². The molecule has 0 bridgehead atoms. The Balaban J connectivity index is 1.93. The molecule has 32 heavy (non-hydrogen) atoms. The average Bonchev–Trinajstić information content (AvgIpc) is 2.82. The van der Waals surface area contributed by atoms with Gasteiger partial charge < -0.3 is 28.6 Å². The van der Waals surface area contributed by atoms with Gasteiger partial charge in [-0.25, -0.2) is 0 Å². The fraction of sp³-hybridized carbons (Fsp3) is 0.417. The number of nitrogens with zero attached hydrogens (tertiary/aromatic N) is 1. The van der Waals surface area contributed by atoms with E-state index in [0.717, 1.165) is 16.7 Å². The minimum Gasteiger partial charge on any atom is -0.493 e. The molecule has 1 unspecified atom stereocenters. The first-order valence-electron chi connectivity index (χ1n) is 10.3. The molecule has 2 aromatic rings. The Hall–Kier alpha value is -3.42. The molecule has 0 radical (unpaired) electrons. The predicted molar refractivity (Wildman–Crippen MR) is 118 cm³/mol. The first-order chi connectivity index (χ1) is 15.4. The van der Waals surface area contributed by atoms with Crippen LogP contribution in [0.5, 0.6) is 23.0 Å². The van der Waals surface area contributed by atoms with E-state index in [1.165, 1.54) is 7.11 Å². The predicted octanol–water partition coefficient (Wildman–Crippen LogP) is 2.95. The number of hydrogen-bond acceptors (Lipinski definition) is 7. The maximum absolute atomic E-state index is 13.3. The van der Waals surface area contributed by atoms with E-state index in [2.05, 4.69) is 0 Å². The summed E-state index contributed by atoms with van der Waals surface area (Å²) in [7, 11) is 7.60. The van der Waals surface area contributed by atoms with Crippen molar-refractivity contribution >= 4 is 11.9 Å². The molecular formula is C24H29NO7. The van der Waals surface area contributed by atoms with Crippen LogP contribution in [0, 0.1) is 0 Å². The zero-order valence-corrected chi connectivity index (χ0v) is 19.1. The zero-order chi connectivity index (χ0) is 23.3. The van der Waals surface area contributed by atoms with Crippen LogP contribution in [0.4, 0.5) is 0 Å². The van der Waals surface area contributed by atoms with Crippen molar-refractivity contribution in [1.82, 2.24) is 4.90 Å². The molecular weight excluding hydrogens is 414 g/mol. The van der Waals surface area contributed by atoms with Crippen molar-refractivity contribution in [2.75, 3.05) is 42.1 Å². The molecule has 0 fully saturated rings. The van der Waals surface area contributed by atoms with E-state index < -0.39 is 6.04 Å². The van der Waals surface area contributed by atoms with Crippen LogP contribution in [-0.4, -0.2) is 58.9 Å². The quantitative estimate of drug-likeness (QED) is 0.580. The summed E-state index contributed by atoms with van der Waals surface area (Å²) in [5, 5.41) is 0. The van der Waals surface area contributed by atoms with Gasteiger partial charge in [0.15, 0.2) is 23.0 Å². The van der Waals surface area contributed by atoms with E-state index in [4.69, 9.17) is 23.7 Å². The molecule has 2 aromatic carbocycles. The molecule has 1 heterocycles. The van der Waals surface area contributed by atoms with Crippen molar-refractivity contribution in [3.8, 4) is 23.0 Å². The smallest absolute Gasteiger partial charge is 0.307 e. The molecule has 1 aliphatic heterocycles. The van der Waals surface area contributed by atoms with E-state index >= 15 is 0 Å². The fourth-order valence-electron chi connectivity index (χ4n) is 4.05. The van der Waals surface area contributed by atoms with Gasteiger partial charge in [-0.2, -0.15) is 0 Å². The van der Waals surface area contributed by atoms with Gasteiger partial charge >= 0.3 is 5.97 Å². The second kappa shape index (κ2) is 10.3. The van der Waals surface area contributed by atoms with Crippen LogP contribution in [0.2, 0.25) is 0 Å². The van der Waals surface area contributed by atoms with Crippen molar-refractivity contribution in [3.63, 3.8) is 0 Å². The van der Waals surface area contributed by atoms with Crippen molar-refractivity contribution in [3.05, 3.63) is 47.0 Å². The minimum absolute atomic E-state index is 0.0522. The zero-order valence-electron chi connectivity index (χ0n) is 19.1. The molecule has 0 saturated heterocycles. The lowest BCUT2D eigenvalue weighted by molar-refractivity contribution is -0.144. The van der Waals surface area contributed by atoms with Crippen molar-refractivity contribution in [2.45, 2.75) is 25.3 Å². The van der Waals surface area contributed by atoms with E-state index in [1.54, 1.807) is 45.5 Å². The standard InChI is InChI=1S/C24H29NO7/c1-28-19-7-6-15(10-20(19)29-2)11-23(26)25-9-8-16-12-21(30-3)22(31-4)13-17(16)18(25)14-24(27)32-5/h6-7,10,12-13,18H,8-9,11,14H2,1-5H3. The molecule has 0 N–H and O–H groups in total. The summed E-state index contributed by atoms with van der Waals surface area (Å²) in [5.41, 5.74) is 2.68. The monoisotopic (exact) mass is 443 g/mol.